The summed E-state index contributed by atoms with van der Waals surface area (Å²) in [5, 5.41) is 16.0. The molecule has 0 atom stereocenters. The highest BCUT2D eigenvalue weighted by Gasteiger charge is 2.21. The molecule has 21 heavy (non-hydrogen) atoms. The van der Waals surface area contributed by atoms with E-state index < -0.39 is 11.4 Å². The van der Waals surface area contributed by atoms with Gasteiger partial charge in [-0.1, -0.05) is 20.8 Å². The maximum Gasteiger partial charge on any atom is 0.355 e. The lowest BCUT2D eigenvalue weighted by atomic mass is 9.96. The van der Waals surface area contributed by atoms with E-state index in [9.17, 15) is 14.4 Å². The maximum atomic E-state index is 11.6. The van der Waals surface area contributed by atoms with Crippen molar-refractivity contribution in [2.45, 2.75) is 27.2 Å². The van der Waals surface area contributed by atoms with E-state index in [0.29, 0.717) is 18.0 Å². The molecule has 1 heterocycles. The summed E-state index contributed by atoms with van der Waals surface area (Å²) in [4.78, 5) is 37.7. The second-order valence-corrected chi connectivity index (χ2v) is 6.41. The molecule has 0 unspecified atom stereocenters. The van der Waals surface area contributed by atoms with Gasteiger partial charge in [0.15, 0.2) is 5.69 Å². The zero-order chi connectivity index (χ0) is 16.0. The van der Waals surface area contributed by atoms with Gasteiger partial charge < -0.3 is 15.7 Å². The average molecular weight is 313 g/mol. The van der Waals surface area contributed by atoms with Gasteiger partial charge in [0.05, 0.1) is 11.6 Å². The number of carbonyl (C=O) groups excluding carboxylic acids is 2. The van der Waals surface area contributed by atoms with E-state index in [-0.39, 0.29) is 24.1 Å². The Morgan fingerprint density at radius 1 is 1.29 bits per heavy atom. The molecule has 0 aliphatic rings. The number of aromatic carboxylic acids is 1. The maximum absolute atomic E-state index is 11.6. The van der Waals surface area contributed by atoms with Gasteiger partial charge in [-0.15, -0.1) is 11.3 Å². The van der Waals surface area contributed by atoms with Gasteiger partial charge in [0, 0.05) is 23.8 Å². The molecule has 0 aliphatic heterocycles. The summed E-state index contributed by atoms with van der Waals surface area (Å²) in [5.41, 5.74) is -0.521. The van der Waals surface area contributed by atoms with Gasteiger partial charge in [-0.05, 0) is 0 Å². The molecule has 0 fully saturated rings. The standard InChI is InChI=1S/C13H19N3O4S/c1-13(2,3)12(20)15-6-9(17)14-5-4-10-16-8(7-21-10)11(18)19/h7H,4-6H2,1-3H3,(H,14,17)(H,15,20)(H,18,19). The number of carbonyl (C=O) groups is 3. The van der Waals surface area contributed by atoms with E-state index in [1.807, 2.05) is 0 Å². The fourth-order valence-electron chi connectivity index (χ4n) is 1.32. The lowest BCUT2D eigenvalue weighted by Crippen LogP contribution is -2.42. The molecule has 0 radical (unpaired) electrons. The zero-order valence-corrected chi connectivity index (χ0v) is 13.0. The normalized spacial score (nSPS) is 11.0. The molecule has 0 aliphatic carbocycles. The Hall–Kier alpha value is -1.96. The van der Waals surface area contributed by atoms with Gasteiger partial charge in [-0.3, -0.25) is 9.59 Å². The first-order chi connectivity index (χ1) is 9.70. The van der Waals surface area contributed by atoms with Crippen molar-refractivity contribution in [2.24, 2.45) is 5.41 Å². The van der Waals surface area contributed by atoms with Gasteiger partial charge >= 0.3 is 5.97 Å². The van der Waals surface area contributed by atoms with E-state index in [0.717, 1.165) is 0 Å². The summed E-state index contributed by atoms with van der Waals surface area (Å²) in [5.74, 6) is -1.54. The van der Waals surface area contributed by atoms with Crippen molar-refractivity contribution >= 4 is 29.1 Å². The highest BCUT2D eigenvalue weighted by Crippen LogP contribution is 2.12. The van der Waals surface area contributed by atoms with Crippen molar-refractivity contribution in [3.63, 3.8) is 0 Å². The van der Waals surface area contributed by atoms with Gasteiger partial charge in [0.25, 0.3) is 0 Å². The minimum atomic E-state index is -1.06. The van der Waals surface area contributed by atoms with Crippen LogP contribution in [0.1, 0.15) is 36.3 Å². The van der Waals surface area contributed by atoms with Crippen LogP contribution in [0, 0.1) is 5.41 Å². The average Bonchev–Trinajstić information content (AvgIpc) is 2.83. The summed E-state index contributed by atoms with van der Waals surface area (Å²) in [6.45, 7) is 5.57. The number of rotatable bonds is 6. The molecule has 1 aromatic rings. The second-order valence-electron chi connectivity index (χ2n) is 5.46. The minimum Gasteiger partial charge on any atom is -0.476 e. The molecule has 3 N–H and O–H groups in total. The molecule has 0 saturated heterocycles. The first-order valence-corrected chi connectivity index (χ1v) is 7.31. The summed E-state index contributed by atoms with van der Waals surface area (Å²) in [7, 11) is 0. The number of hydrogen-bond donors (Lipinski definition) is 3. The Kier molecular flexibility index (Phi) is 5.83. The molecule has 0 saturated carbocycles. The van der Waals surface area contributed by atoms with Crippen LogP contribution in [0.4, 0.5) is 0 Å². The van der Waals surface area contributed by atoms with Crippen LogP contribution in [-0.2, 0) is 16.0 Å². The summed E-state index contributed by atoms with van der Waals surface area (Å²) in [6.07, 6.45) is 0.455. The molecule has 0 bridgehead atoms. The Morgan fingerprint density at radius 2 is 1.95 bits per heavy atom. The highest BCUT2D eigenvalue weighted by atomic mass is 32.1. The van der Waals surface area contributed by atoms with Crippen LogP contribution in [0.25, 0.3) is 0 Å². The van der Waals surface area contributed by atoms with Crippen molar-refractivity contribution in [1.29, 1.82) is 0 Å². The van der Waals surface area contributed by atoms with Crippen LogP contribution in [0.3, 0.4) is 0 Å². The quantitative estimate of drug-likeness (QED) is 0.715. The predicted molar refractivity (Wildman–Crippen MR) is 78.3 cm³/mol. The third kappa shape index (κ3) is 5.90. The van der Waals surface area contributed by atoms with Gasteiger partial charge in [-0.25, -0.2) is 9.78 Å². The number of nitrogens with one attached hydrogen (secondary N) is 2. The van der Waals surface area contributed by atoms with Crippen LogP contribution in [0.5, 0.6) is 0 Å². The number of thiazole rings is 1. The largest absolute Gasteiger partial charge is 0.476 e. The van der Waals surface area contributed by atoms with Crippen LogP contribution in [-0.4, -0.2) is 41.0 Å². The molecule has 8 heteroatoms. The Bertz CT molecular complexity index is 534. The molecule has 116 valence electrons. The smallest absolute Gasteiger partial charge is 0.355 e. The van der Waals surface area contributed by atoms with Crippen LogP contribution in [0.15, 0.2) is 5.38 Å². The van der Waals surface area contributed by atoms with Crippen LogP contribution >= 0.6 is 11.3 Å². The van der Waals surface area contributed by atoms with Crippen molar-refractivity contribution in [1.82, 2.24) is 15.6 Å². The lowest BCUT2D eigenvalue weighted by molar-refractivity contribution is -0.131. The summed E-state index contributed by atoms with van der Waals surface area (Å²) >= 11 is 1.24. The van der Waals surface area contributed by atoms with Crippen LogP contribution in [0.2, 0.25) is 0 Å². The van der Waals surface area contributed by atoms with E-state index >= 15 is 0 Å². The molecule has 7 nitrogen and oxygen atoms in total. The predicted octanol–water partition coefficient (Wildman–Crippen LogP) is 0.662. The first kappa shape index (κ1) is 17.1. The summed E-state index contributed by atoms with van der Waals surface area (Å²) < 4.78 is 0. The van der Waals surface area contributed by atoms with E-state index in [2.05, 4.69) is 15.6 Å². The fourth-order valence-corrected chi connectivity index (χ4v) is 2.09. The Balaban J connectivity index is 2.27. The van der Waals surface area contributed by atoms with Gasteiger partial charge in [-0.2, -0.15) is 0 Å². The third-order valence-electron chi connectivity index (χ3n) is 2.52. The van der Waals surface area contributed by atoms with E-state index in [4.69, 9.17) is 5.11 Å². The van der Waals surface area contributed by atoms with Gasteiger partial charge in [0.2, 0.25) is 11.8 Å². The molecule has 0 aromatic carbocycles. The lowest BCUT2D eigenvalue weighted by Gasteiger charge is -2.17. The number of aromatic nitrogens is 1. The molecule has 2 amide bonds. The molecular formula is C13H19N3O4S. The molecule has 1 rings (SSSR count). The Labute approximate surface area is 126 Å². The number of amides is 2. The highest BCUT2D eigenvalue weighted by molar-refractivity contribution is 7.09. The monoisotopic (exact) mass is 313 g/mol. The first-order valence-electron chi connectivity index (χ1n) is 6.43. The van der Waals surface area contributed by atoms with Crippen molar-refractivity contribution in [3.05, 3.63) is 16.1 Å². The van der Waals surface area contributed by atoms with Crippen molar-refractivity contribution in [2.75, 3.05) is 13.1 Å². The number of hydrogen-bond acceptors (Lipinski definition) is 5. The second kappa shape index (κ2) is 7.16. The topological polar surface area (TPSA) is 108 Å². The SMILES string of the molecule is CC(C)(C)C(=O)NCC(=O)NCCc1nc(C(=O)O)cs1. The molecular weight excluding hydrogens is 294 g/mol. The van der Waals surface area contributed by atoms with E-state index in [1.54, 1.807) is 20.8 Å². The molecule has 1 aromatic heterocycles. The number of nitrogens with zero attached hydrogens (tertiary/aromatic N) is 1. The third-order valence-corrected chi connectivity index (χ3v) is 3.43. The molecule has 0 spiro atoms. The van der Waals surface area contributed by atoms with Crippen LogP contribution < -0.4 is 10.6 Å². The zero-order valence-electron chi connectivity index (χ0n) is 12.2. The van der Waals surface area contributed by atoms with Gasteiger partial charge in [0.1, 0.15) is 0 Å². The summed E-state index contributed by atoms with van der Waals surface area (Å²) in [6, 6.07) is 0. The number of carboxylic acid groups (broad SMARTS) is 1. The minimum absolute atomic E-state index is 0.0127. The Morgan fingerprint density at radius 3 is 2.48 bits per heavy atom. The van der Waals surface area contributed by atoms with Crippen molar-refractivity contribution in [3.8, 4) is 0 Å². The fraction of sp³-hybridized carbons (Fsp3) is 0.538. The van der Waals surface area contributed by atoms with Crippen molar-refractivity contribution < 1.29 is 19.5 Å². The number of carboxylic acids is 1. The van der Waals surface area contributed by atoms with E-state index in [1.165, 1.54) is 16.7 Å².